The highest BCUT2D eigenvalue weighted by atomic mass is 16.5. The molecule has 1 aromatic carbocycles. The average Bonchev–Trinajstić information content (AvgIpc) is 3.02. The summed E-state index contributed by atoms with van der Waals surface area (Å²) in [5.41, 5.74) is 10.3. The Balaban J connectivity index is 1.54. The van der Waals surface area contributed by atoms with Gasteiger partial charge in [0.25, 0.3) is 5.91 Å². The Bertz CT molecular complexity index is 1230. The van der Waals surface area contributed by atoms with Gasteiger partial charge in [-0.15, -0.1) is 0 Å². The van der Waals surface area contributed by atoms with Crippen LogP contribution in [-0.4, -0.2) is 40.9 Å². The lowest BCUT2D eigenvalue weighted by Crippen LogP contribution is -2.38. The summed E-state index contributed by atoms with van der Waals surface area (Å²) in [5, 5.41) is 14.7. The summed E-state index contributed by atoms with van der Waals surface area (Å²) in [5.74, 6) is 0.734. The molecule has 2 aliphatic heterocycles. The molecule has 9 nitrogen and oxygen atoms in total. The molecule has 2 aromatic heterocycles. The van der Waals surface area contributed by atoms with Crippen molar-refractivity contribution < 1.29 is 9.53 Å². The number of pyridine rings is 1. The Morgan fingerprint density at radius 3 is 2.91 bits per heavy atom. The second kappa shape index (κ2) is 8.45. The van der Waals surface area contributed by atoms with Crippen molar-refractivity contribution in [1.82, 2.24) is 25.6 Å². The molecule has 164 valence electrons. The fourth-order valence-corrected chi connectivity index (χ4v) is 4.07. The number of nitrogens with one attached hydrogen (secondary N) is 3. The molecule has 0 aliphatic carbocycles. The maximum absolute atomic E-state index is 11.9. The molecule has 3 aromatic rings. The van der Waals surface area contributed by atoms with Gasteiger partial charge in [0.05, 0.1) is 23.4 Å². The molecule has 1 unspecified atom stereocenters. The van der Waals surface area contributed by atoms with Gasteiger partial charge in [-0.3, -0.25) is 15.4 Å². The topological polar surface area (TPSA) is 118 Å². The largest absolute Gasteiger partial charge is 0.458 e. The quantitative estimate of drug-likeness (QED) is 0.485. The zero-order chi connectivity index (χ0) is 22.1. The number of amides is 1. The van der Waals surface area contributed by atoms with Gasteiger partial charge in [-0.1, -0.05) is 36.4 Å². The van der Waals surface area contributed by atoms with Crippen LogP contribution in [0.2, 0.25) is 0 Å². The van der Waals surface area contributed by atoms with E-state index in [0.29, 0.717) is 36.9 Å². The lowest BCUT2D eigenvalue weighted by Gasteiger charge is -2.22. The number of hydrogen-bond acceptors (Lipinski definition) is 7. The van der Waals surface area contributed by atoms with Crippen LogP contribution in [-0.2, 0) is 11.3 Å². The molecule has 0 radical (unpaired) electrons. The first kappa shape index (κ1) is 20.2. The number of nitrogens with two attached hydrogens (primary N) is 1. The average molecular weight is 432 g/mol. The van der Waals surface area contributed by atoms with Crippen molar-refractivity contribution in [1.29, 1.82) is 0 Å². The lowest BCUT2D eigenvalue weighted by molar-refractivity contribution is 0.0993. The fourth-order valence-electron chi connectivity index (χ4n) is 4.07. The Morgan fingerprint density at radius 1 is 1.25 bits per heavy atom. The summed E-state index contributed by atoms with van der Waals surface area (Å²) < 4.78 is 7.98. The minimum atomic E-state index is -0.541. The molecule has 0 bridgehead atoms. The van der Waals surface area contributed by atoms with Crippen LogP contribution < -0.4 is 21.7 Å². The van der Waals surface area contributed by atoms with E-state index in [2.05, 4.69) is 33.2 Å². The number of aromatic nitrogens is 2. The second-order valence-electron chi connectivity index (χ2n) is 7.86. The van der Waals surface area contributed by atoms with Crippen molar-refractivity contribution in [2.45, 2.75) is 26.1 Å². The van der Waals surface area contributed by atoms with E-state index in [1.807, 2.05) is 31.2 Å². The first-order chi connectivity index (χ1) is 15.6. The zero-order valence-corrected chi connectivity index (χ0v) is 17.8. The van der Waals surface area contributed by atoms with Gasteiger partial charge in [-0.05, 0) is 30.2 Å². The maximum Gasteiger partial charge on any atom is 0.267 e. The van der Waals surface area contributed by atoms with Crippen molar-refractivity contribution in [3.8, 4) is 0 Å². The summed E-state index contributed by atoms with van der Waals surface area (Å²) in [4.78, 5) is 16.7. The molecule has 0 saturated carbocycles. The van der Waals surface area contributed by atoms with Crippen LogP contribution in [0, 0.1) is 6.92 Å². The standard InChI is InChI=1S/C23H25N7O2/c1-14-20(17-8-5-9-18(21(24)31)30(17)29-14)23-28-22-16(12-25-13-27-22)10-19(32-23)26-11-15-6-3-2-4-7-15/h2-9,19,25-27H,10-13H2,1H3,(H2,24,31). The van der Waals surface area contributed by atoms with E-state index >= 15 is 0 Å². The Kier molecular flexibility index (Phi) is 5.34. The Hall–Kier alpha value is -3.69. The molecule has 0 saturated heterocycles. The lowest BCUT2D eigenvalue weighted by atomic mass is 10.1. The summed E-state index contributed by atoms with van der Waals surface area (Å²) in [6.07, 6.45) is 0.400. The Labute approximate surface area is 185 Å². The minimum Gasteiger partial charge on any atom is -0.458 e. The van der Waals surface area contributed by atoms with Crippen LogP contribution in [0.5, 0.6) is 0 Å². The van der Waals surface area contributed by atoms with E-state index in [-0.39, 0.29) is 6.23 Å². The summed E-state index contributed by atoms with van der Waals surface area (Å²) in [6.45, 7) is 3.92. The number of fused-ring (bicyclic) bond motifs is 1. The van der Waals surface area contributed by atoms with Gasteiger partial charge >= 0.3 is 0 Å². The number of aliphatic imine (C=N–C) groups is 1. The molecule has 0 fully saturated rings. The molecule has 9 heteroatoms. The van der Waals surface area contributed by atoms with Crippen molar-refractivity contribution in [2.75, 3.05) is 13.2 Å². The smallest absolute Gasteiger partial charge is 0.267 e. The molecular formula is C23H25N7O2. The molecule has 32 heavy (non-hydrogen) atoms. The molecule has 5 N–H and O–H groups in total. The van der Waals surface area contributed by atoms with E-state index < -0.39 is 5.91 Å². The van der Waals surface area contributed by atoms with Crippen LogP contribution in [0.25, 0.3) is 5.52 Å². The van der Waals surface area contributed by atoms with Gasteiger partial charge in [0.2, 0.25) is 5.90 Å². The van der Waals surface area contributed by atoms with E-state index in [0.717, 1.165) is 29.0 Å². The van der Waals surface area contributed by atoms with Gasteiger partial charge in [0.1, 0.15) is 11.5 Å². The van der Waals surface area contributed by atoms with Crippen LogP contribution in [0.1, 0.15) is 33.7 Å². The number of nitrogens with zero attached hydrogens (tertiary/aromatic N) is 3. The highest BCUT2D eigenvalue weighted by molar-refractivity contribution is 6.03. The zero-order valence-electron chi connectivity index (χ0n) is 17.8. The third-order valence-corrected chi connectivity index (χ3v) is 5.63. The van der Waals surface area contributed by atoms with Crippen LogP contribution in [0.4, 0.5) is 0 Å². The van der Waals surface area contributed by atoms with Gasteiger partial charge in [-0.25, -0.2) is 4.52 Å². The van der Waals surface area contributed by atoms with Gasteiger partial charge in [-0.2, -0.15) is 10.1 Å². The number of ether oxygens (including phenoxy) is 1. The van der Waals surface area contributed by atoms with E-state index in [4.69, 9.17) is 15.5 Å². The van der Waals surface area contributed by atoms with Gasteiger partial charge in [0.15, 0.2) is 6.23 Å². The number of carbonyl (C=O) groups excluding carboxylic acids is 1. The molecule has 5 rings (SSSR count). The number of aryl methyl sites for hydroxylation is 1. The predicted molar refractivity (Wildman–Crippen MR) is 121 cm³/mol. The first-order valence-electron chi connectivity index (χ1n) is 10.6. The molecule has 0 spiro atoms. The fraction of sp³-hybridized carbons (Fsp3) is 0.261. The SMILES string of the molecule is Cc1nn2c(C(N)=O)cccc2c1C1=NC2=C(CNCN2)CC(NCc2ccccc2)O1. The van der Waals surface area contributed by atoms with E-state index in [1.165, 1.54) is 5.56 Å². The maximum atomic E-state index is 11.9. The van der Waals surface area contributed by atoms with Crippen LogP contribution in [0.15, 0.2) is 64.9 Å². The minimum absolute atomic E-state index is 0.281. The van der Waals surface area contributed by atoms with E-state index in [1.54, 1.807) is 16.6 Å². The number of carbonyl (C=O) groups is 1. The highest BCUT2D eigenvalue weighted by Crippen LogP contribution is 2.25. The number of primary amides is 1. The van der Waals surface area contributed by atoms with Gasteiger partial charge < -0.3 is 15.8 Å². The number of benzene rings is 1. The summed E-state index contributed by atoms with van der Waals surface area (Å²) >= 11 is 0. The third kappa shape index (κ3) is 3.83. The van der Waals surface area contributed by atoms with E-state index in [9.17, 15) is 4.79 Å². The van der Waals surface area contributed by atoms with Crippen molar-refractivity contribution >= 4 is 17.3 Å². The van der Waals surface area contributed by atoms with Crippen LogP contribution >= 0.6 is 0 Å². The predicted octanol–water partition coefficient (Wildman–Crippen LogP) is 1.39. The van der Waals surface area contributed by atoms with Crippen LogP contribution in [0.3, 0.4) is 0 Å². The van der Waals surface area contributed by atoms with Crippen molar-refractivity contribution in [3.05, 3.63) is 82.4 Å². The van der Waals surface area contributed by atoms with Crippen molar-refractivity contribution in [2.24, 2.45) is 10.7 Å². The second-order valence-corrected chi connectivity index (χ2v) is 7.86. The van der Waals surface area contributed by atoms with Crippen molar-refractivity contribution in [3.63, 3.8) is 0 Å². The molecular weight excluding hydrogens is 406 g/mol. The summed E-state index contributed by atoms with van der Waals surface area (Å²) in [6, 6.07) is 15.5. The normalized spacial score (nSPS) is 18.4. The first-order valence-corrected chi connectivity index (χ1v) is 10.6. The highest BCUT2D eigenvalue weighted by Gasteiger charge is 2.28. The number of rotatable bonds is 5. The molecule has 4 heterocycles. The van der Waals surface area contributed by atoms with Gasteiger partial charge in [0, 0.05) is 19.5 Å². The molecule has 1 atom stereocenters. The summed E-state index contributed by atoms with van der Waals surface area (Å²) in [7, 11) is 0. The monoisotopic (exact) mass is 431 g/mol. The molecule has 2 aliphatic rings. The third-order valence-electron chi connectivity index (χ3n) is 5.63. The Morgan fingerprint density at radius 2 is 2.09 bits per heavy atom. The number of hydrogen-bond donors (Lipinski definition) is 4. The molecule has 1 amide bonds.